The van der Waals surface area contributed by atoms with Crippen LogP contribution in [0.2, 0.25) is 36.9 Å². The Balaban J connectivity index is 0.000000135. The molecule has 0 bridgehead atoms. The predicted octanol–water partition coefficient (Wildman–Crippen LogP) is 22.4. The Morgan fingerprint density at radius 2 is 0.881 bits per heavy atom. The average Bonchev–Trinajstić information content (AvgIpc) is 1.65. The van der Waals surface area contributed by atoms with Gasteiger partial charge in [-0.3, -0.25) is 0 Å². The topological polar surface area (TPSA) is 77.8 Å². The fraction of sp³-hybridized carbons (Fsp3) is 0.121. The second kappa shape index (κ2) is 33.3. The maximum absolute atomic E-state index is 5.89. The van der Waals surface area contributed by atoms with Crippen LogP contribution in [-0.2, 0) is 53.1 Å². The van der Waals surface area contributed by atoms with Gasteiger partial charge < -0.3 is 23.8 Å². The quantitative estimate of drug-likeness (QED) is 0.0845. The number of aryl methyl sites for hydroxylation is 1. The maximum atomic E-state index is 5.89. The number of rotatable bonds is 13. The van der Waals surface area contributed by atoms with E-state index in [1.165, 1.54) is 54.1 Å². The summed E-state index contributed by atoms with van der Waals surface area (Å²) in [5.41, 5.74) is 22.8. The van der Waals surface area contributed by atoms with Crippen LogP contribution in [-0.4, -0.2) is 41.3 Å². The molecule has 0 saturated carbocycles. The van der Waals surface area contributed by atoms with Crippen LogP contribution in [0.1, 0.15) is 51.8 Å². The minimum atomic E-state index is -1.79. The minimum Gasteiger partial charge on any atom is -0.500 e. The van der Waals surface area contributed by atoms with Crippen molar-refractivity contribution >= 4 is 74.8 Å². The second-order valence-corrected chi connectivity index (χ2v) is 42.9. The van der Waals surface area contributed by atoms with Gasteiger partial charge in [0.1, 0.15) is 11.2 Å². The van der Waals surface area contributed by atoms with Gasteiger partial charge in [-0.15, -0.1) is 82.9 Å². The van der Waals surface area contributed by atoms with Gasteiger partial charge in [0.15, 0.2) is 0 Å². The number of aromatic nitrogens is 4. The van der Waals surface area contributed by atoms with Gasteiger partial charge >= 0.3 is 142 Å². The predicted molar refractivity (Wildman–Crippen MR) is 417 cm³/mol. The van der Waals surface area contributed by atoms with Crippen LogP contribution >= 0.6 is 0 Å². The Hall–Kier alpha value is -9.54. The summed E-state index contributed by atoms with van der Waals surface area (Å²) in [4.78, 5) is 18.6. The molecular formula is C91H78GeIr2N4O2Si-4. The zero-order valence-electron chi connectivity index (χ0n) is 58.1. The number of benzene rings is 10. The largest absolute Gasteiger partial charge is 0.500 e. The standard InChI is InChI=1S/2C24H16NO.C22H24GeN.C21H22NSi.2Ir/c1-16-13-22(25-15-21(16)17-7-3-2-4-8-17)18-11-12-24-20(14-18)19-9-5-6-10-23(19)26-24;1-2-6-17(7-3-1)14-18-12-13-25-22(15-18)19-10-11-24-21(16-19)20-8-4-5-9-23(20)26-24;1-17(18-8-6-5-7-9-18)19-10-12-20(13-11-19)22-15-14-21(16-24-22)23(2,3)4;1-23(2,3)20-13-14-21(22-16-20)19-11-9-18(10-12-19)15-17-7-5-4-6-8-17;;/h2-10,12-15H,1H3;1-9,11-13,15-16H,14H2;5-12,14-17H,1-4H3;4-11,13-14,16H,15H2,1-3H3;;/q4*-1;;. The molecule has 0 spiro atoms. The number of para-hydroxylation sites is 2. The summed E-state index contributed by atoms with van der Waals surface area (Å²) in [5, 5.41) is 5.83. The summed E-state index contributed by atoms with van der Waals surface area (Å²) < 4.78 is 13.2. The number of furan rings is 2. The van der Waals surface area contributed by atoms with E-state index < -0.39 is 21.3 Å². The Morgan fingerprint density at radius 3 is 1.39 bits per heavy atom. The minimum absolute atomic E-state index is 0. The summed E-state index contributed by atoms with van der Waals surface area (Å²) in [6.07, 6.45) is 9.76. The van der Waals surface area contributed by atoms with Crippen LogP contribution in [0, 0.1) is 31.2 Å². The normalized spacial score (nSPS) is 11.4. The monoisotopic (exact) mass is 1750 g/mol. The van der Waals surface area contributed by atoms with Crippen LogP contribution < -0.4 is 9.58 Å². The summed E-state index contributed by atoms with van der Waals surface area (Å²) in [6.45, 7) is 11.4. The molecule has 504 valence electrons. The van der Waals surface area contributed by atoms with Crippen LogP contribution in [0.15, 0.2) is 307 Å². The van der Waals surface area contributed by atoms with Crippen molar-refractivity contribution in [3.05, 3.63) is 361 Å². The molecule has 6 aromatic heterocycles. The average molecular weight is 1740 g/mol. The van der Waals surface area contributed by atoms with Gasteiger partial charge in [-0.25, -0.2) is 0 Å². The molecule has 10 aromatic carbocycles. The van der Waals surface area contributed by atoms with Crippen LogP contribution in [0.3, 0.4) is 0 Å². The van der Waals surface area contributed by atoms with E-state index in [0.29, 0.717) is 5.92 Å². The van der Waals surface area contributed by atoms with Crippen molar-refractivity contribution in [2.75, 3.05) is 0 Å². The molecule has 16 rings (SSSR count). The van der Waals surface area contributed by atoms with Crippen molar-refractivity contribution < 1.29 is 49.0 Å². The van der Waals surface area contributed by atoms with Gasteiger partial charge in [-0.2, -0.15) is 0 Å². The Morgan fingerprint density at radius 1 is 0.386 bits per heavy atom. The molecule has 6 heterocycles. The summed E-state index contributed by atoms with van der Waals surface area (Å²) in [6, 6.07) is 108. The van der Waals surface area contributed by atoms with E-state index in [2.05, 4.69) is 308 Å². The number of pyridine rings is 4. The summed E-state index contributed by atoms with van der Waals surface area (Å²) in [5.74, 6) is 7.55. The molecule has 101 heavy (non-hydrogen) atoms. The van der Waals surface area contributed by atoms with Gasteiger partial charge in [-0.1, -0.05) is 194 Å². The molecule has 0 saturated heterocycles. The Kier molecular flexibility index (Phi) is 24.0. The third-order valence-corrected chi connectivity index (χ3v) is 24.3. The molecule has 1 unspecified atom stereocenters. The molecular weight excluding hydrogens is 1670 g/mol. The van der Waals surface area contributed by atoms with E-state index in [0.717, 1.165) is 107 Å². The van der Waals surface area contributed by atoms with Gasteiger partial charge in [0.2, 0.25) is 0 Å². The van der Waals surface area contributed by atoms with Crippen molar-refractivity contribution in [1.82, 2.24) is 19.9 Å². The molecule has 0 aliphatic carbocycles. The van der Waals surface area contributed by atoms with Gasteiger partial charge in [0.05, 0.1) is 19.2 Å². The van der Waals surface area contributed by atoms with Crippen molar-refractivity contribution in [3.8, 4) is 56.2 Å². The van der Waals surface area contributed by atoms with E-state index in [-0.39, 0.29) is 40.2 Å². The first-order valence-corrected chi connectivity index (χ1v) is 44.7. The molecule has 6 nitrogen and oxygen atoms in total. The van der Waals surface area contributed by atoms with Gasteiger partial charge in [-0.05, 0) is 82.5 Å². The third-order valence-electron chi connectivity index (χ3n) is 18.0. The zero-order chi connectivity index (χ0) is 68.3. The fourth-order valence-corrected chi connectivity index (χ4v) is 15.4. The van der Waals surface area contributed by atoms with E-state index in [1.807, 2.05) is 79.3 Å². The first-order valence-electron chi connectivity index (χ1n) is 33.9. The number of nitrogens with zero attached hydrogens (tertiary/aromatic N) is 4. The maximum Gasteiger partial charge on any atom is 0.120 e. The molecule has 0 fully saturated rings. The van der Waals surface area contributed by atoms with Crippen molar-refractivity contribution in [3.63, 3.8) is 0 Å². The van der Waals surface area contributed by atoms with Crippen LogP contribution in [0.4, 0.5) is 0 Å². The smallest absolute Gasteiger partial charge is 0.120 e. The molecule has 2 radical (unpaired) electrons. The van der Waals surface area contributed by atoms with E-state index >= 15 is 0 Å². The second-order valence-electron chi connectivity index (χ2n) is 27.2. The molecule has 16 aromatic rings. The van der Waals surface area contributed by atoms with Crippen LogP contribution in [0.5, 0.6) is 0 Å². The SMILES string of the molecule is CC(c1c[c-]c(-c2cc[c]([Ge]([CH3])([CH3])[CH3])cn2)cc1)c1ccccc1.C[Si](C)(C)c1ccc(-c2[c-]cc(Cc3ccccc3)cc2)nc1.Cc1cc(-c2[c-]cc3oc4ccccc4c3c2)ncc1-c1ccccc1.[Ir].[Ir].[c-]1cc2oc3ccccc3c2cc1-c1cc(Cc2ccccc2)ccn1. The molecule has 0 aliphatic heterocycles. The Labute approximate surface area is 625 Å². The fourth-order valence-electron chi connectivity index (χ4n) is 12.2. The first kappa shape index (κ1) is 72.7. The molecule has 0 aliphatic rings. The summed E-state index contributed by atoms with van der Waals surface area (Å²) >= 11 is -1.79. The van der Waals surface area contributed by atoms with Crippen LogP contribution in [0.25, 0.3) is 100 Å². The van der Waals surface area contributed by atoms with Crippen molar-refractivity contribution in [1.29, 1.82) is 0 Å². The van der Waals surface area contributed by atoms with Crippen molar-refractivity contribution in [2.24, 2.45) is 0 Å². The molecule has 1 atom stereocenters. The van der Waals surface area contributed by atoms with Gasteiger partial charge in [0, 0.05) is 75.1 Å². The number of fused-ring (bicyclic) bond motifs is 6. The third kappa shape index (κ3) is 18.2. The molecule has 0 amide bonds. The molecule has 0 N–H and O–H groups in total. The zero-order valence-corrected chi connectivity index (χ0v) is 65.9. The van der Waals surface area contributed by atoms with Gasteiger partial charge in [0.25, 0.3) is 0 Å². The number of hydrogen-bond donors (Lipinski definition) is 0. The molecule has 10 heteroatoms. The van der Waals surface area contributed by atoms with E-state index in [9.17, 15) is 0 Å². The Bertz CT molecular complexity index is 5330. The summed E-state index contributed by atoms with van der Waals surface area (Å²) in [7, 11) is -1.28. The first-order chi connectivity index (χ1) is 48.1. The van der Waals surface area contributed by atoms with Crippen molar-refractivity contribution in [2.45, 2.75) is 69.5 Å². The van der Waals surface area contributed by atoms with E-state index in [1.54, 1.807) is 0 Å². The van der Waals surface area contributed by atoms with E-state index in [4.69, 9.17) is 13.8 Å². The number of hydrogen-bond acceptors (Lipinski definition) is 6.